The van der Waals surface area contributed by atoms with Gasteiger partial charge in [0, 0.05) is 51.4 Å². The highest BCUT2D eigenvalue weighted by atomic mass is 32.2. The second-order valence-corrected chi connectivity index (χ2v) is 9.59. The molecule has 2 aliphatic heterocycles. The maximum atomic E-state index is 13.0. The van der Waals surface area contributed by atoms with E-state index in [0.29, 0.717) is 25.2 Å². The number of hydrogen-bond acceptors (Lipinski definition) is 6. The number of rotatable bonds is 5. The Bertz CT molecular complexity index is 857. The summed E-state index contributed by atoms with van der Waals surface area (Å²) < 4.78 is 27.4. The lowest BCUT2D eigenvalue weighted by atomic mass is 10.2. The van der Waals surface area contributed by atoms with Gasteiger partial charge in [0.1, 0.15) is 0 Å². The summed E-state index contributed by atoms with van der Waals surface area (Å²) in [6.45, 7) is 5.00. The Hall–Kier alpha value is -2.04. The molecule has 0 unspecified atom stereocenters. The molecule has 2 fully saturated rings. The van der Waals surface area contributed by atoms with Gasteiger partial charge in [-0.25, -0.2) is 8.42 Å². The fourth-order valence-electron chi connectivity index (χ4n) is 3.86. The van der Waals surface area contributed by atoms with Crippen LogP contribution in [0.15, 0.2) is 23.1 Å². The third kappa shape index (κ3) is 5.12. The van der Waals surface area contributed by atoms with Crippen LogP contribution in [0.4, 0.5) is 5.69 Å². The van der Waals surface area contributed by atoms with Crippen LogP contribution in [0.2, 0.25) is 0 Å². The van der Waals surface area contributed by atoms with Gasteiger partial charge in [0.2, 0.25) is 15.9 Å². The molecule has 29 heavy (non-hydrogen) atoms. The zero-order chi connectivity index (χ0) is 21.0. The van der Waals surface area contributed by atoms with Crippen LogP contribution in [0, 0.1) is 17.0 Å². The third-order valence-electron chi connectivity index (χ3n) is 5.65. The Balaban J connectivity index is 1.62. The number of non-ortho nitro benzene ring substituents is 1. The number of carbonyl (C=O) groups excluding carboxylic acids is 1. The second kappa shape index (κ2) is 9.19. The first-order valence-electron chi connectivity index (χ1n) is 10.0. The van der Waals surface area contributed by atoms with Gasteiger partial charge in [0.05, 0.1) is 16.4 Å². The highest BCUT2D eigenvalue weighted by Crippen LogP contribution is 2.25. The molecule has 0 N–H and O–H groups in total. The van der Waals surface area contributed by atoms with Crippen LogP contribution < -0.4 is 0 Å². The topological polar surface area (TPSA) is 104 Å². The maximum Gasteiger partial charge on any atom is 0.270 e. The number of aryl methyl sites for hydroxylation is 1. The molecule has 0 spiro atoms. The molecule has 2 aliphatic rings. The molecule has 1 amide bonds. The number of likely N-dealkylation sites (tertiary alicyclic amines) is 1. The van der Waals surface area contributed by atoms with Crippen LogP contribution >= 0.6 is 0 Å². The van der Waals surface area contributed by atoms with Gasteiger partial charge in [0.15, 0.2) is 0 Å². The van der Waals surface area contributed by atoms with Crippen molar-refractivity contribution in [1.29, 1.82) is 0 Å². The van der Waals surface area contributed by atoms with Crippen molar-refractivity contribution in [3.8, 4) is 0 Å². The molecule has 2 saturated heterocycles. The normalized spacial score (nSPS) is 19.7. The summed E-state index contributed by atoms with van der Waals surface area (Å²) in [5.74, 6) is 0.109. The molecule has 0 aliphatic carbocycles. The van der Waals surface area contributed by atoms with Gasteiger partial charge in [-0.2, -0.15) is 4.31 Å². The monoisotopic (exact) mass is 424 g/mol. The van der Waals surface area contributed by atoms with E-state index in [0.717, 1.165) is 44.8 Å². The quantitative estimate of drug-likeness (QED) is 0.525. The number of nitrogens with zero attached hydrogens (tertiary/aromatic N) is 4. The molecule has 2 heterocycles. The van der Waals surface area contributed by atoms with Crippen LogP contribution in [0.1, 0.15) is 31.2 Å². The summed E-state index contributed by atoms with van der Waals surface area (Å²) >= 11 is 0. The average molecular weight is 425 g/mol. The first kappa shape index (κ1) is 21.7. The van der Waals surface area contributed by atoms with E-state index in [9.17, 15) is 23.3 Å². The zero-order valence-electron chi connectivity index (χ0n) is 16.7. The fourth-order valence-corrected chi connectivity index (χ4v) is 5.53. The molecule has 0 radical (unpaired) electrons. The van der Waals surface area contributed by atoms with Gasteiger partial charge in [-0.05, 0) is 25.3 Å². The third-order valence-corrected chi connectivity index (χ3v) is 7.69. The Morgan fingerprint density at radius 3 is 2.24 bits per heavy atom. The van der Waals surface area contributed by atoms with E-state index in [-0.39, 0.29) is 29.6 Å². The van der Waals surface area contributed by atoms with Gasteiger partial charge in [-0.1, -0.05) is 18.9 Å². The SMILES string of the molecule is Cc1ccc([N+](=O)[O-])cc1S(=O)(=O)N1CCN(CC(=O)N2CCCCCC2)CC1. The number of nitro groups is 1. The fraction of sp³-hybridized carbons (Fsp3) is 0.632. The molecular formula is C19H28N4O5S. The Kier molecular flexibility index (Phi) is 6.86. The molecule has 10 heteroatoms. The Morgan fingerprint density at radius 1 is 1.03 bits per heavy atom. The van der Waals surface area contributed by atoms with Gasteiger partial charge >= 0.3 is 0 Å². The lowest BCUT2D eigenvalue weighted by Gasteiger charge is -2.34. The first-order valence-corrected chi connectivity index (χ1v) is 11.5. The number of hydrogen-bond donors (Lipinski definition) is 0. The highest BCUT2D eigenvalue weighted by Gasteiger charge is 2.31. The smallest absolute Gasteiger partial charge is 0.270 e. The summed E-state index contributed by atoms with van der Waals surface area (Å²) in [7, 11) is -3.82. The van der Waals surface area contributed by atoms with Crippen LogP contribution in [-0.4, -0.2) is 79.2 Å². The molecule has 1 aromatic rings. The molecule has 0 saturated carbocycles. The predicted octanol–water partition coefficient (Wildman–Crippen LogP) is 1.61. The minimum atomic E-state index is -3.82. The highest BCUT2D eigenvalue weighted by molar-refractivity contribution is 7.89. The first-order chi connectivity index (χ1) is 13.8. The van der Waals surface area contributed by atoms with Crippen molar-refractivity contribution in [2.75, 3.05) is 45.8 Å². The van der Waals surface area contributed by atoms with E-state index >= 15 is 0 Å². The van der Waals surface area contributed by atoms with E-state index in [1.54, 1.807) is 6.92 Å². The Morgan fingerprint density at radius 2 is 1.66 bits per heavy atom. The molecular weight excluding hydrogens is 396 g/mol. The summed E-state index contributed by atoms with van der Waals surface area (Å²) in [4.78, 5) is 26.9. The molecule has 3 rings (SSSR count). The van der Waals surface area contributed by atoms with Crippen LogP contribution in [0.3, 0.4) is 0 Å². The van der Waals surface area contributed by atoms with E-state index in [1.807, 2.05) is 9.80 Å². The van der Waals surface area contributed by atoms with Gasteiger partial charge in [-0.3, -0.25) is 19.8 Å². The minimum absolute atomic E-state index is 0.0270. The second-order valence-electron chi connectivity index (χ2n) is 7.68. The average Bonchev–Trinajstić information content (AvgIpc) is 2.98. The van der Waals surface area contributed by atoms with Crippen molar-refractivity contribution in [1.82, 2.24) is 14.1 Å². The van der Waals surface area contributed by atoms with Crippen molar-refractivity contribution in [3.63, 3.8) is 0 Å². The summed E-state index contributed by atoms with van der Waals surface area (Å²) in [5.41, 5.74) is 0.241. The van der Waals surface area contributed by atoms with E-state index in [1.165, 1.54) is 16.4 Å². The molecule has 9 nitrogen and oxygen atoms in total. The van der Waals surface area contributed by atoms with Gasteiger partial charge in [0.25, 0.3) is 5.69 Å². The van der Waals surface area contributed by atoms with Crippen LogP contribution in [-0.2, 0) is 14.8 Å². The van der Waals surface area contributed by atoms with E-state index < -0.39 is 14.9 Å². The van der Waals surface area contributed by atoms with Crippen molar-refractivity contribution >= 4 is 21.6 Å². The summed E-state index contributed by atoms with van der Waals surface area (Å²) in [5, 5.41) is 11.0. The zero-order valence-corrected chi connectivity index (χ0v) is 17.6. The number of benzene rings is 1. The number of piperazine rings is 1. The van der Waals surface area contributed by atoms with Crippen LogP contribution in [0.25, 0.3) is 0 Å². The van der Waals surface area contributed by atoms with Crippen molar-refractivity contribution in [2.24, 2.45) is 0 Å². The number of nitro benzene ring substituents is 1. The molecule has 0 bridgehead atoms. The minimum Gasteiger partial charge on any atom is -0.342 e. The van der Waals surface area contributed by atoms with Crippen LogP contribution in [0.5, 0.6) is 0 Å². The van der Waals surface area contributed by atoms with Gasteiger partial charge < -0.3 is 4.90 Å². The number of amides is 1. The summed E-state index contributed by atoms with van der Waals surface area (Å²) in [6, 6.07) is 3.89. The van der Waals surface area contributed by atoms with Crippen molar-refractivity contribution < 1.29 is 18.1 Å². The molecule has 0 aromatic heterocycles. The predicted molar refractivity (Wildman–Crippen MR) is 108 cm³/mol. The molecule has 0 atom stereocenters. The maximum absolute atomic E-state index is 13.0. The van der Waals surface area contributed by atoms with Crippen molar-refractivity contribution in [2.45, 2.75) is 37.5 Å². The summed E-state index contributed by atoms with van der Waals surface area (Å²) in [6.07, 6.45) is 4.41. The molecule has 1 aromatic carbocycles. The lowest BCUT2D eigenvalue weighted by molar-refractivity contribution is -0.385. The van der Waals surface area contributed by atoms with Gasteiger partial charge in [-0.15, -0.1) is 0 Å². The van der Waals surface area contributed by atoms with Crippen molar-refractivity contribution in [3.05, 3.63) is 33.9 Å². The van der Waals surface area contributed by atoms with E-state index in [4.69, 9.17) is 0 Å². The lowest BCUT2D eigenvalue weighted by Crippen LogP contribution is -2.51. The number of carbonyl (C=O) groups is 1. The molecule has 160 valence electrons. The standard InChI is InChI=1S/C19H28N4O5S/c1-16-6-7-17(23(25)26)14-18(16)29(27,28)22-12-10-20(11-13-22)15-19(24)21-8-4-2-3-5-9-21/h6-7,14H,2-5,8-13,15H2,1H3. The number of sulfonamides is 1. The largest absolute Gasteiger partial charge is 0.342 e. The van der Waals surface area contributed by atoms with E-state index in [2.05, 4.69) is 0 Å². The Labute approximate surface area is 171 Å².